The molecule has 4 heteroatoms. The molecule has 17 heavy (non-hydrogen) atoms. The average molecular weight is 242 g/mol. The summed E-state index contributed by atoms with van der Waals surface area (Å²) in [6.45, 7) is 5.39. The van der Waals surface area contributed by atoms with Crippen molar-refractivity contribution in [3.8, 4) is 5.75 Å². The molecule has 0 heterocycles. The van der Waals surface area contributed by atoms with Gasteiger partial charge in [-0.3, -0.25) is 0 Å². The van der Waals surface area contributed by atoms with Gasteiger partial charge in [-0.05, 0) is 25.0 Å². The van der Waals surface area contributed by atoms with Gasteiger partial charge in [0.25, 0.3) is 0 Å². The summed E-state index contributed by atoms with van der Waals surface area (Å²) in [5.74, 6) is -0.0558. The fraction of sp³-hybridized carbons (Fsp3) is 0.538. The number of benzene rings is 1. The molecule has 0 amide bonds. The molecule has 0 spiro atoms. The van der Waals surface area contributed by atoms with E-state index in [0.717, 1.165) is 0 Å². The first-order valence-corrected chi connectivity index (χ1v) is 5.70. The van der Waals surface area contributed by atoms with E-state index in [1.54, 1.807) is 6.07 Å². The zero-order valence-corrected chi connectivity index (χ0v) is 10.4. The third-order valence-corrected chi connectivity index (χ3v) is 2.61. The normalized spacial score (nSPS) is 14.8. The van der Waals surface area contributed by atoms with Gasteiger partial charge in [0.1, 0.15) is 18.2 Å². The highest BCUT2D eigenvalue weighted by molar-refractivity contribution is 5.30. The molecule has 0 saturated heterocycles. The lowest BCUT2D eigenvalue weighted by Gasteiger charge is -2.16. The molecule has 2 N–H and O–H groups in total. The number of aliphatic hydroxyl groups is 2. The first kappa shape index (κ1) is 13.9. The molecular formula is C13H19FO3. The van der Waals surface area contributed by atoms with Gasteiger partial charge in [-0.15, -0.1) is 0 Å². The van der Waals surface area contributed by atoms with Crippen molar-refractivity contribution in [1.29, 1.82) is 0 Å². The van der Waals surface area contributed by atoms with Crippen molar-refractivity contribution >= 4 is 0 Å². The number of aliphatic hydroxyl groups excluding tert-OH is 2. The van der Waals surface area contributed by atoms with Gasteiger partial charge in [-0.2, -0.15) is 0 Å². The fourth-order valence-electron chi connectivity index (χ4n) is 1.31. The summed E-state index contributed by atoms with van der Waals surface area (Å²) in [4.78, 5) is 0. The van der Waals surface area contributed by atoms with Crippen LogP contribution in [-0.4, -0.2) is 22.9 Å². The average Bonchev–Trinajstić information content (AvgIpc) is 2.25. The van der Waals surface area contributed by atoms with E-state index in [0.29, 0.717) is 5.75 Å². The van der Waals surface area contributed by atoms with Gasteiger partial charge >= 0.3 is 0 Å². The molecule has 1 aromatic rings. The molecule has 1 aromatic carbocycles. The zero-order chi connectivity index (χ0) is 13.0. The third-order valence-electron chi connectivity index (χ3n) is 2.61. The minimum atomic E-state index is -0.842. The highest BCUT2D eigenvalue weighted by Crippen LogP contribution is 2.22. The molecule has 0 aliphatic heterocycles. The van der Waals surface area contributed by atoms with Crippen molar-refractivity contribution in [2.75, 3.05) is 6.61 Å². The Morgan fingerprint density at radius 1 is 1.24 bits per heavy atom. The second kappa shape index (κ2) is 5.98. The molecule has 0 aliphatic carbocycles. The Hall–Kier alpha value is -1.13. The topological polar surface area (TPSA) is 49.7 Å². The Balaban J connectivity index is 2.65. The quantitative estimate of drug-likeness (QED) is 0.832. The van der Waals surface area contributed by atoms with Crippen LogP contribution in [0.3, 0.4) is 0 Å². The number of ether oxygens (including phenoxy) is 1. The molecule has 2 atom stereocenters. The maximum atomic E-state index is 13.5. The minimum absolute atomic E-state index is 0.0941. The Bertz CT molecular complexity index is 364. The summed E-state index contributed by atoms with van der Waals surface area (Å²) in [7, 11) is 0. The van der Waals surface area contributed by atoms with Crippen LogP contribution in [0.5, 0.6) is 5.75 Å². The minimum Gasteiger partial charge on any atom is -0.491 e. The van der Waals surface area contributed by atoms with Crippen LogP contribution >= 0.6 is 0 Å². The Morgan fingerprint density at radius 3 is 2.35 bits per heavy atom. The second-order valence-electron chi connectivity index (χ2n) is 4.48. The molecule has 3 nitrogen and oxygen atoms in total. The SMILES string of the molecule is CC(O)c1ccc(OCC(O)C(C)C)cc1F. The van der Waals surface area contributed by atoms with Gasteiger partial charge in [0.15, 0.2) is 0 Å². The van der Waals surface area contributed by atoms with Crippen molar-refractivity contribution < 1.29 is 19.3 Å². The molecule has 0 bridgehead atoms. The lowest BCUT2D eigenvalue weighted by molar-refractivity contribution is 0.0699. The number of hydrogen-bond donors (Lipinski definition) is 2. The molecule has 2 unspecified atom stereocenters. The maximum absolute atomic E-state index is 13.5. The lowest BCUT2D eigenvalue weighted by Crippen LogP contribution is -2.23. The van der Waals surface area contributed by atoms with Crippen molar-refractivity contribution in [3.63, 3.8) is 0 Å². The van der Waals surface area contributed by atoms with Crippen molar-refractivity contribution in [1.82, 2.24) is 0 Å². The van der Waals surface area contributed by atoms with Gasteiger partial charge in [-0.25, -0.2) is 4.39 Å². The highest BCUT2D eigenvalue weighted by Gasteiger charge is 2.12. The number of rotatable bonds is 5. The molecule has 0 radical (unpaired) electrons. The van der Waals surface area contributed by atoms with Crippen molar-refractivity contribution in [3.05, 3.63) is 29.6 Å². The third kappa shape index (κ3) is 3.98. The number of halogens is 1. The van der Waals surface area contributed by atoms with E-state index in [1.165, 1.54) is 19.1 Å². The standard InChI is InChI=1S/C13H19FO3/c1-8(2)13(16)7-17-10-4-5-11(9(3)15)12(14)6-10/h4-6,8-9,13,15-16H,7H2,1-3H3. The summed E-state index contributed by atoms with van der Waals surface area (Å²) >= 11 is 0. The molecule has 0 fully saturated rings. The van der Waals surface area contributed by atoms with Gasteiger partial charge in [0, 0.05) is 11.6 Å². The zero-order valence-electron chi connectivity index (χ0n) is 10.4. The number of hydrogen-bond acceptors (Lipinski definition) is 3. The lowest BCUT2D eigenvalue weighted by atomic mass is 10.1. The van der Waals surface area contributed by atoms with Gasteiger partial charge in [-0.1, -0.05) is 13.8 Å². The van der Waals surface area contributed by atoms with E-state index >= 15 is 0 Å². The Morgan fingerprint density at radius 2 is 1.88 bits per heavy atom. The van der Waals surface area contributed by atoms with Crippen LogP contribution in [0.4, 0.5) is 4.39 Å². The van der Waals surface area contributed by atoms with Crippen LogP contribution in [-0.2, 0) is 0 Å². The highest BCUT2D eigenvalue weighted by atomic mass is 19.1. The maximum Gasteiger partial charge on any atom is 0.132 e. The van der Waals surface area contributed by atoms with Crippen molar-refractivity contribution in [2.45, 2.75) is 33.0 Å². The second-order valence-corrected chi connectivity index (χ2v) is 4.48. The largest absolute Gasteiger partial charge is 0.491 e. The van der Waals surface area contributed by atoms with Crippen LogP contribution < -0.4 is 4.74 Å². The van der Waals surface area contributed by atoms with Crippen LogP contribution in [0.1, 0.15) is 32.4 Å². The van der Waals surface area contributed by atoms with Crippen LogP contribution in [0.2, 0.25) is 0 Å². The summed E-state index contributed by atoms with van der Waals surface area (Å²) < 4.78 is 18.8. The van der Waals surface area contributed by atoms with E-state index < -0.39 is 18.0 Å². The fourth-order valence-corrected chi connectivity index (χ4v) is 1.31. The van der Waals surface area contributed by atoms with E-state index in [4.69, 9.17) is 4.74 Å². The summed E-state index contributed by atoms with van der Waals surface area (Å²) in [5, 5.41) is 18.8. The summed E-state index contributed by atoms with van der Waals surface area (Å²) in [5.41, 5.74) is 0.238. The predicted molar refractivity (Wildman–Crippen MR) is 63.4 cm³/mol. The predicted octanol–water partition coefficient (Wildman–Crippen LogP) is 2.27. The molecule has 1 rings (SSSR count). The van der Waals surface area contributed by atoms with E-state index in [2.05, 4.69) is 0 Å². The molecule has 96 valence electrons. The van der Waals surface area contributed by atoms with Crippen LogP contribution in [0.25, 0.3) is 0 Å². The first-order valence-electron chi connectivity index (χ1n) is 5.70. The summed E-state index contributed by atoms with van der Waals surface area (Å²) in [6, 6.07) is 4.28. The monoisotopic (exact) mass is 242 g/mol. The first-order chi connectivity index (χ1) is 7.91. The van der Waals surface area contributed by atoms with E-state index in [1.807, 2.05) is 13.8 Å². The Kier molecular flexibility index (Phi) is 4.90. The Labute approximate surface area is 101 Å². The van der Waals surface area contributed by atoms with Crippen LogP contribution in [0.15, 0.2) is 18.2 Å². The van der Waals surface area contributed by atoms with Crippen LogP contribution in [0, 0.1) is 11.7 Å². The van der Waals surface area contributed by atoms with Crippen molar-refractivity contribution in [2.24, 2.45) is 5.92 Å². The van der Waals surface area contributed by atoms with E-state index in [-0.39, 0.29) is 18.1 Å². The van der Waals surface area contributed by atoms with Gasteiger partial charge < -0.3 is 14.9 Å². The van der Waals surface area contributed by atoms with E-state index in [9.17, 15) is 14.6 Å². The molecule has 0 saturated carbocycles. The molecule has 0 aromatic heterocycles. The molecular weight excluding hydrogens is 223 g/mol. The van der Waals surface area contributed by atoms with Gasteiger partial charge in [0.05, 0.1) is 12.2 Å². The summed E-state index contributed by atoms with van der Waals surface area (Å²) in [6.07, 6.45) is -1.42. The molecule has 0 aliphatic rings. The van der Waals surface area contributed by atoms with Gasteiger partial charge in [0.2, 0.25) is 0 Å². The smallest absolute Gasteiger partial charge is 0.132 e.